The number of nitrogens with zero attached hydrogens (tertiary/aromatic N) is 3. The number of fused-ring (bicyclic) bond motifs is 6. The quantitative estimate of drug-likeness (QED) is 0.150. The van der Waals surface area contributed by atoms with Gasteiger partial charge in [-0.15, -0.1) is 0 Å². The third-order valence-corrected chi connectivity index (χ3v) is 17.6. The summed E-state index contributed by atoms with van der Waals surface area (Å²) in [5.74, 6) is 2.09. The van der Waals surface area contributed by atoms with Crippen molar-refractivity contribution in [2.24, 2.45) is 0 Å². The van der Waals surface area contributed by atoms with Gasteiger partial charge in [-0.05, 0) is 78.9 Å². The van der Waals surface area contributed by atoms with E-state index in [0.717, 1.165) is 27.8 Å². The first-order valence-electron chi connectivity index (χ1n) is 22.1. The van der Waals surface area contributed by atoms with Crippen molar-refractivity contribution < 1.29 is 0 Å². The standard InChI is InChI=1S/C57H55N3Si2/c1-56(2)45-28-16-14-26-41(45)49-43(30-32-47(51(49)56)61(5,6)7)54-58-53(40-25-19-24-39(35-40)38-23-18-22-37(34-38)36-20-12-11-13-21-36)59-55(60-54)44-31-33-48(62(8,9)10)52-50(44)42-27-15-17-29-46(42)57(52,3)4/h11-35H,1-10H3. The first-order chi connectivity index (χ1) is 29.5. The predicted molar refractivity (Wildman–Crippen MR) is 268 cm³/mol. The number of benzene rings is 7. The molecule has 0 saturated carbocycles. The molecule has 0 aliphatic heterocycles. The molecule has 0 fully saturated rings. The summed E-state index contributed by atoms with van der Waals surface area (Å²) in [6.45, 7) is 24.4. The Kier molecular flexibility index (Phi) is 9.22. The molecular weight excluding hydrogens is 783 g/mol. The van der Waals surface area contributed by atoms with Crippen LogP contribution in [0.25, 0.3) is 78.7 Å². The van der Waals surface area contributed by atoms with E-state index in [9.17, 15) is 0 Å². The Bertz CT molecular complexity index is 2950. The molecule has 62 heavy (non-hydrogen) atoms. The van der Waals surface area contributed by atoms with E-state index in [4.69, 9.17) is 15.0 Å². The van der Waals surface area contributed by atoms with E-state index in [-0.39, 0.29) is 10.8 Å². The van der Waals surface area contributed by atoms with Crippen LogP contribution >= 0.6 is 0 Å². The summed E-state index contributed by atoms with van der Waals surface area (Å²) in [5, 5.41) is 2.99. The Morgan fingerprint density at radius 2 is 0.710 bits per heavy atom. The second kappa shape index (κ2) is 14.3. The fourth-order valence-electron chi connectivity index (χ4n) is 10.5. The summed E-state index contributed by atoms with van der Waals surface area (Å²) in [5.41, 5.74) is 18.1. The van der Waals surface area contributed by atoms with Crippen LogP contribution < -0.4 is 10.4 Å². The van der Waals surface area contributed by atoms with Crippen LogP contribution in [-0.4, -0.2) is 31.1 Å². The van der Waals surface area contributed by atoms with E-state index >= 15 is 0 Å². The fraction of sp³-hybridized carbons (Fsp3) is 0.211. The third kappa shape index (κ3) is 6.39. The van der Waals surface area contributed by atoms with E-state index in [1.54, 1.807) is 0 Å². The third-order valence-electron chi connectivity index (χ3n) is 13.6. The lowest BCUT2D eigenvalue weighted by molar-refractivity contribution is 0.664. The molecule has 306 valence electrons. The van der Waals surface area contributed by atoms with Gasteiger partial charge in [0.05, 0.1) is 16.1 Å². The summed E-state index contributed by atoms with van der Waals surface area (Å²) in [4.78, 5) is 16.6. The summed E-state index contributed by atoms with van der Waals surface area (Å²) in [7, 11) is -3.53. The molecule has 0 N–H and O–H groups in total. The highest BCUT2D eigenvalue weighted by atomic mass is 28.3. The number of hydrogen-bond donors (Lipinski definition) is 0. The highest BCUT2D eigenvalue weighted by Crippen LogP contribution is 2.53. The Morgan fingerprint density at radius 3 is 1.18 bits per heavy atom. The molecule has 0 saturated heterocycles. The molecule has 7 aromatic carbocycles. The molecule has 2 aliphatic carbocycles. The highest BCUT2D eigenvalue weighted by molar-refractivity contribution is 6.89. The van der Waals surface area contributed by atoms with Crippen LogP contribution in [0.4, 0.5) is 0 Å². The molecular formula is C57H55N3Si2. The monoisotopic (exact) mass is 837 g/mol. The Balaban J connectivity index is 1.25. The van der Waals surface area contributed by atoms with Gasteiger partial charge < -0.3 is 0 Å². The van der Waals surface area contributed by atoms with Crippen LogP contribution in [-0.2, 0) is 10.8 Å². The molecule has 0 radical (unpaired) electrons. The summed E-state index contributed by atoms with van der Waals surface area (Å²) in [6, 6.07) is 55.6. The Labute approximate surface area is 370 Å². The molecule has 0 unspecified atom stereocenters. The Morgan fingerprint density at radius 1 is 0.339 bits per heavy atom. The van der Waals surface area contributed by atoms with Crippen molar-refractivity contribution in [2.75, 3.05) is 0 Å². The smallest absolute Gasteiger partial charge is 0.164 e. The summed E-state index contributed by atoms with van der Waals surface area (Å²) in [6.07, 6.45) is 0. The highest BCUT2D eigenvalue weighted by Gasteiger charge is 2.43. The number of rotatable bonds is 7. The van der Waals surface area contributed by atoms with Gasteiger partial charge in [0.1, 0.15) is 0 Å². The van der Waals surface area contributed by atoms with Crippen molar-refractivity contribution >= 4 is 26.5 Å². The van der Waals surface area contributed by atoms with Gasteiger partial charge in [0.2, 0.25) is 0 Å². The maximum absolute atomic E-state index is 5.61. The SMILES string of the molecule is CC1(C)c2ccccc2-c2c(-c3nc(-c4cccc(-c5cccc(-c6ccccc6)c5)c4)nc(-c4ccc([Si](C)(C)C)c5c4-c4ccccc4C5(C)C)n3)ccc([Si](C)(C)C)c21. The van der Waals surface area contributed by atoms with Gasteiger partial charge in [-0.3, -0.25) is 0 Å². The van der Waals surface area contributed by atoms with Crippen molar-refractivity contribution in [3.05, 3.63) is 174 Å². The Hall–Kier alpha value is -6.02. The second-order valence-electron chi connectivity index (χ2n) is 20.5. The lowest BCUT2D eigenvalue weighted by atomic mass is 9.82. The van der Waals surface area contributed by atoms with Gasteiger partial charge in [-0.25, -0.2) is 15.0 Å². The zero-order chi connectivity index (χ0) is 43.3. The van der Waals surface area contributed by atoms with Crippen LogP contribution in [0.5, 0.6) is 0 Å². The van der Waals surface area contributed by atoms with E-state index in [1.807, 2.05) is 0 Å². The average Bonchev–Trinajstić information content (AvgIpc) is 3.66. The summed E-state index contributed by atoms with van der Waals surface area (Å²) >= 11 is 0. The van der Waals surface area contributed by atoms with Crippen molar-refractivity contribution in [2.45, 2.75) is 77.8 Å². The first-order valence-corrected chi connectivity index (χ1v) is 29.1. The van der Waals surface area contributed by atoms with E-state index in [0.29, 0.717) is 17.5 Å². The molecule has 0 atom stereocenters. The summed E-state index contributed by atoms with van der Waals surface area (Å²) < 4.78 is 0. The molecule has 1 aromatic heterocycles. The predicted octanol–water partition coefficient (Wildman–Crippen LogP) is 13.9. The van der Waals surface area contributed by atoms with Crippen LogP contribution in [0.2, 0.25) is 39.3 Å². The second-order valence-corrected chi connectivity index (χ2v) is 30.6. The van der Waals surface area contributed by atoms with Crippen LogP contribution in [0.3, 0.4) is 0 Å². The molecule has 1 heterocycles. The minimum atomic E-state index is -1.76. The molecule has 0 amide bonds. The molecule has 10 rings (SSSR count). The van der Waals surface area contributed by atoms with Crippen LogP contribution in [0, 0.1) is 0 Å². The number of aromatic nitrogens is 3. The zero-order valence-electron chi connectivity index (χ0n) is 37.8. The van der Waals surface area contributed by atoms with E-state index in [2.05, 4.69) is 219 Å². The maximum Gasteiger partial charge on any atom is 0.164 e. The van der Waals surface area contributed by atoms with Gasteiger partial charge in [-0.2, -0.15) is 0 Å². The molecule has 5 heteroatoms. The van der Waals surface area contributed by atoms with Gasteiger partial charge in [0.15, 0.2) is 17.5 Å². The van der Waals surface area contributed by atoms with Gasteiger partial charge in [0, 0.05) is 27.5 Å². The normalized spacial score (nSPS) is 14.5. The molecule has 2 aliphatic rings. The topological polar surface area (TPSA) is 38.7 Å². The number of hydrogen-bond acceptors (Lipinski definition) is 3. The lowest BCUT2D eigenvalue weighted by Crippen LogP contribution is -2.43. The first kappa shape index (κ1) is 40.1. The van der Waals surface area contributed by atoms with Gasteiger partial charge in [-0.1, -0.05) is 217 Å². The van der Waals surface area contributed by atoms with E-state index < -0.39 is 16.1 Å². The molecule has 0 bridgehead atoms. The maximum atomic E-state index is 5.61. The molecule has 8 aromatic rings. The minimum absolute atomic E-state index is 0.165. The van der Waals surface area contributed by atoms with Crippen LogP contribution in [0.15, 0.2) is 152 Å². The van der Waals surface area contributed by atoms with Crippen LogP contribution in [0.1, 0.15) is 49.9 Å². The lowest BCUT2D eigenvalue weighted by Gasteiger charge is -2.30. The molecule has 3 nitrogen and oxygen atoms in total. The van der Waals surface area contributed by atoms with Crippen molar-refractivity contribution in [1.29, 1.82) is 0 Å². The van der Waals surface area contributed by atoms with Gasteiger partial charge >= 0.3 is 0 Å². The largest absolute Gasteiger partial charge is 0.208 e. The average molecular weight is 838 g/mol. The van der Waals surface area contributed by atoms with Crippen molar-refractivity contribution in [3.8, 4) is 78.7 Å². The van der Waals surface area contributed by atoms with Gasteiger partial charge in [0.25, 0.3) is 0 Å². The molecule has 0 spiro atoms. The minimum Gasteiger partial charge on any atom is -0.208 e. The van der Waals surface area contributed by atoms with E-state index in [1.165, 1.54) is 66.0 Å². The van der Waals surface area contributed by atoms with Crippen molar-refractivity contribution in [3.63, 3.8) is 0 Å². The van der Waals surface area contributed by atoms with Crippen molar-refractivity contribution in [1.82, 2.24) is 15.0 Å². The fourth-order valence-corrected chi connectivity index (χ4v) is 14.1. The zero-order valence-corrected chi connectivity index (χ0v) is 39.8.